The summed E-state index contributed by atoms with van der Waals surface area (Å²) in [5.41, 5.74) is 0. The minimum atomic E-state index is -0.920. The van der Waals surface area contributed by atoms with E-state index in [-0.39, 0.29) is 18.4 Å². The number of hydrogen-bond donors (Lipinski definition) is 2. The summed E-state index contributed by atoms with van der Waals surface area (Å²) in [5, 5.41) is 12.9. The molecule has 1 unspecified atom stereocenters. The van der Waals surface area contributed by atoms with Gasteiger partial charge in [0.25, 0.3) is 5.91 Å². The molecule has 1 atom stereocenters. The number of thiophene rings is 1. The number of carboxylic acids is 1. The van der Waals surface area contributed by atoms with Crippen LogP contribution in [0.15, 0.2) is 24.3 Å². The Morgan fingerprint density at radius 1 is 1.38 bits per heavy atom. The molecule has 0 saturated carbocycles. The highest BCUT2D eigenvalue weighted by Gasteiger charge is 2.21. The van der Waals surface area contributed by atoms with Crippen molar-refractivity contribution in [2.45, 2.75) is 32.2 Å². The van der Waals surface area contributed by atoms with Crippen LogP contribution in [0.2, 0.25) is 5.02 Å². The van der Waals surface area contributed by atoms with E-state index in [1.54, 1.807) is 0 Å². The Hall–Kier alpha value is -1.59. The molecule has 21 heavy (non-hydrogen) atoms. The third-order valence-corrected chi connectivity index (χ3v) is 4.81. The zero-order valence-corrected chi connectivity index (χ0v) is 13.1. The third-order valence-electron chi connectivity index (χ3n) is 3.13. The van der Waals surface area contributed by atoms with E-state index < -0.39 is 5.97 Å². The number of nitrogens with one attached hydrogen (secondary N) is 1. The summed E-state index contributed by atoms with van der Waals surface area (Å²) < 4.78 is 0.943. The zero-order valence-electron chi connectivity index (χ0n) is 11.6. The molecule has 0 aliphatic rings. The number of carboxylic acid groups (broad SMARTS) is 1. The van der Waals surface area contributed by atoms with Crippen LogP contribution in [0, 0.1) is 0 Å². The average molecular weight is 326 g/mol. The van der Waals surface area contributed by atoms with Crippen molar-refractivity contribution < 1.29 is 14.7 Å². The predicted molar refractivity (Wildman–Crippen MR) is 85.3 cm³/mol. The molecule has 0 radical (unpaired) electrons. The summed E-state index contributed by atoms with van der Waals surface area (Å²) in [6.45, 7) is 1.95. The number of benzene rings is 1. The number of amides is 1. The van der Waals surface area contributed by atoms with Crippen molar-refractivity contribution in [3.63, 3.8) is 0 Å². The van der Waals surface area contributed by atoms with E-state index in [1.165, 1.54) is 11.3 Å². The van der Waals surface area contributed by atoms with Gasteiger partial charge in [-0.25, -0.2) is 0 Å². The molecule has 6 heteroatoms. The molecular weight excluding hydrogens is 310 g/mol. The first-order valence-electron chi connectivity index (χ1n) is 6.72. The Labute approximate surface area is 131 Å². The van der Waals surface area contributed by atoms with Gasteiger partial charge < -0.3 is 10.4 Å². The van der Waals surface area contributed by atoms with E-state index in [0.717, 1.165) is 16.5 Å². The van der Waals surface area contributed by atoms with Crippen LogP contribution in [0.25, 0.3) is 10.1 Å². The van der Waals surface area contributed by atoms with E-state index >= 15 is 0 Å². The Kier molecular flexibility index (Phi) is 5.20. The topological polar surface area (TPSA) is 66.4 Å². The minimum absolute atomic E-state index is 0.0813. The second kappa shape index (κ2) is 6.91. The standard InChI is InChI=1S/C15H16ClNO3S/c1-2-5-9(8-12(18)19)17-15(20)14-13(16)10-6-3-4-7-11(10)21-14/h3-4,6-7,9H,2,5,8H2,1H3,(H,17,20)(H,18,19). The normalized spacial score (nSPS) is 12.3. The maximum atomic E-state index is 12.3. The predicted octanol–water partition coefficient (Wildman–Crippen LogP) is 3.93. The first-order chi connectivity index (χ1) is 10.0. The monoisotopic (exact) mass is 325 g/mol. The average Bonchev–Trinajstić information content (AvgIpc) is 2.76. The summed E-state index contributed by atoms with van der Waals surface area (Å²) in [5.74, 6) is -1.22. The largest absolute Gasteiger partial charge is 0.481 e. The van der Waals surface area contributed by atoms with Gasteiger partial charge in [0.2, 0.25) is 0 Å². The van der Waals surface area contributed by atoms with Crippen molar-refractivity contribution in [3.8, 4) is 0 Å². The molecule has 2 N–H and O–H groups in total. The van der Waals surface area contributed by atoms with Crippen molar-refractivity contribution in [1.82, 2.24) is 5.32 Å². The van der Waals surface area contributed by atoms with Gasteiger partial charge in [-0.2, -0.15) is 0 Å². The lowest BCUT2D eigenvalue weighted by Crippen LogP contribution is -2.36. The van der Waals surface area contributed by atoms with Gasteiger partial charge in [0.15, 0.2) is 0 Å². The van der Waals surface area contributed by atoms with Crippen molar-refractivity contribution in [3.05, 3.63) is 34.2 Å². The molecule has 2 aromatic rings. The summed E-state index contributed by atoms with van der Waals surface area (Å²) in [6, 6.07) is 7.16. The van der Waals surface area contributed by atoms with Crippen LogP contribution in [0.3, 0.4) is 0 Å². The minimum Gasteiger partial charge on any atom is -0.481 e. The number of carbonyl (C=O) groups excluding carboxylic acids is 1. The second-order valence-electron chi connectivity index (χ2n) is 4.80. The van der Waals surface area contributed by atoms with Crippen LogP contribution in [0.4, 0.5) is 0 Å². The van der Waals surface area contributed by atoms with E-state index in [2.05, 4.69) is 5.32 Å². The van der Waals surface area contributed by atoms with Gasteiger partial charge >= 0.3 is 5.97 Å². The van der Waals surface area contributed by atoms with Crippen molar-refractivity contribution in [2.75, 3.05) is 0 Å². The summed E-state index contributed by atoms with van der Waals surface area (Å²) >= 11 is 7.57. The fourth-order valence-corrected chi connectivity index (χ4v) is 3.62. The highest BCUT2D eigenvalue weighted by atomic mass is 35.5. The maximum Gasteiger partial charge on any atom is 0.305 e. The van der Waals surface area contributed by atoms with Gasteiger partial charge in [-0.3, -0.25) is 9.59 Å². The molecule has 0 aliphatic carbocycles. The number of halogens is 1. The van der Waals surface area contributed by atoms with Crippen LogP contribution < -0.4 is 5.32 Å². The van der Waals surface area contributed by atoms with Crippen LogP contribution in [0.1, 0.15) is 35.9 Å². The Morgan fingerprint density at radius 2 is 2.10 bits per heavy atom. The molecule has 0 aliphatic heterocycles. The van der Waals surface area contributed by atoms with Gasteiger partial charge in [0.1, 0.15) is 4.88 Å². The highest BCUT2D eigenvalue weighted by molar-refractivity contribution is 7.21. The molecule has 2 rings (SSSR count). The number of rotatable bonds is 6. The molecule has 1 aromatic heterocycles. The van der Waals surface area contributed by atoms with E-state index in [9.17, 15) is 9.59 Å². The Morgan fingerprint density at radius 3 is 2.71 bits per heavy atom. The van der Waals surface area contributed by atoms with Crippen molar-refractivity contribution in [1.29, 1.82) is 0 Å². The smallest absolute Gasteiger partial charge is 0.305 e. The molecule has 0 spiro atoms. The first kappa shape index (κ1) is 15.8. The lowest BCUT2D eigenvalue weighted by atomic mass is 10.1. The molecule has 1 heterocycles. The van der Waals surface area contributed by atoms with E-state index in [4.69, 9.17) is 16.7 Å². The van der Waals surface area contributed by atoms with Gasteiger partial charge in [0.05, 0.1) is 11.4 Å². The fourth-order valence-electron chi connectivity index (χ4n) is 2.20. The Balaban J connectivity index is 2.20. The molecule has 4 nitrogen and oxygen atoms in total. The number of fused-ring (bicyclic) bond motifs is 1. The summed E-state index contributed by atoms with van der Waals surface area (Å²) in [4.78, 5) is 23.6. The second-order valence-corrected chi connectivity index (χ2v) is 6.23. The van der Waals surface area contributed by atoms with E-state index in [1.807, 2.05) is 31.2 Å². The van der Waals surface area contributed by atoms with Crippen molar-refractivity contribution in [2.24, 2.45) is 0 Å². The van der Waals surface area contributed by atoms with Gasteiger partial charge in [-0.1, -0.05) is 43.1 Å². The van der Waals surface area contributed by atoms with Crippen LogP contribution in [-0.2, 0) is 4.79 Å². The number of hydrogen-bond acceptors (Lipinski definition) is 3. The number of aliphatic carboxylic acids is 1. The molecular formula is C15H16ClNO3S. The van der Waals surface area contributed by atoms with Crippen LogP contribution >= 0.6 is 22.9 Å². The van der Waals surface area contributed by atoms with Crippen molar-refractivity contribution >= 4 is 44.9 Å². The molecule has 0 saturated heterocycles. The van der Waals surface area contributed by atoms with Gasteiger partial charge in [0, 0.05) is 16.1 Å². The van der Waals surface area contributed by atoms with Crippen LogP contribution in [0.5, 0.6) is 0 Å². The molecule has 0 bridgehead atoms. The lowest BCUT2D eigenvalue weighted by Gasteiger charge is -2.15. The number of carbonyl (C=O) groups is 2. The SMILES string of the molecule is CCCC(CC(=O)O)NC(=O)c1sc2ccccc2c1Cl. The Bertz CT molecular complexity index is 668. The summed E-state index contributed by atoms with van der Waals surface area (Å²) in [7, 11) is 0. The van der Waals surface area contributed by atoms with Crippen LogP contribution in [-0.4, -0.2) is 23.0 Å². The van der Waals surface area contributed by atoms with Gasteiger partial charge in [-0.05, 0) is 12.5 Å². The quantitative estimate of drug-likeness (QED) is 0.845. The van der Waals surface area contributed by atoms with E-state index in [0.29, 0.717) is 16.3 Å². The molecule has 0 fully saturated rings. The zero-order chi connectivity index (χ0) is 15.4. The first-order valence-corrected chi connectivity index (χ1v) is 7.92. The molecule has 1 amide bonds. The molecule has 1 aromatic carbocycles. The lowest BCUT2D eigenvalue weighted by molar-refractivity contribution is -0.137. The fraction of sp³-hybridized carbons (Fsp3) is 0.333. The highest BCUT2D eigenvalue weighted by Crippen LogP contribution is 2.35. The molecule has 112 valence electrons. The summed E-state index contributed by atoms with van der Waals surface area (Å²) in [6.07, 6.45) is 1.35. The maximum absolute atomic E-state index is 12.3. The third kappa shape index (κ3) is 3.74. The van der Waals surface area contributed by atoms with Gasteiger partial charge in [-0.15, -0.1) is 11.3 Å².